The fourth-order valence-electron chi connectivity index (χ4n) is 1.71. The van der Waals surface area contributed by atoms with Gasteiger partial charge in [-0.15, -0.1) is 18.3 Å². The fraction of sp³-hybridized carbons (Fsp3) is 0.250. The van der Waals surface area contributed by atoms with Crippen LogP contribution in [0.15, 0.2) is 27.5 Å². The molecular formula is C12H8BrF3N2O4. The number of nitrogens with zero attached hydrogens (tertiary/aromatic N) is 2. The largest absolute Gasteiger partial charge is 0.574 e. The van der Waals surface area contributed by atoms with Crippen molar-refractivity contribution in [3.8, 4) is 5.88 Å². The fourth-order valence-corrected chi connectivity index (χ4v) is 2.07. The molecule has 0 bridgehead atoms. The molecule has 0 unspecified atom stereocenters. The van der Waals surface area contributed by atoms with Gasteiger partial charge in [-0.3, -0.25) is 9.59 Å². The van der Waals surface area contributed by atoms with Crippen LogP contribution in [0.5, 0.6) is 5.88 Å². The van der Waals surface area contributed by atoms with Crippen LogP contribution in [0, 0.1) is 0 Å². The van der Waals surface area contributed by atoms with E-state index in [2.05, 4.69) is 30.5 Å². The van der Waals surface area contributed by atoms with E-state index in [0.717, 1.165) is 7.11 Å². The van der Waals surface area contributed by atoms with Crippen LogP contribution in [0.4, 0.5) is 13.2 Å². The van der Waals surface area contributed by atoms with Crippen molar-refractivity contribution in [2.75, 3.05) is 7.11 Å². The Bertz CT molecular complexity index is 788. The summed E-state index contributed by atoms with van der Waals surface area (Å²) >= 11 is 3.09. The second-order valence-electron chi connectivity index (χ2n) is 4.08. The summed E-state index contributed by atoms with van der Waals surface area (Å²) in [6.45, 7) is -0.629. The molecule has 1 aromatic heterocycles. The van der Waals surface area contributed by atoms with E-state index in [4.69, 9.17) is 0 Å². The number of alkyl halides is 3. The maximum Gasteiger partial charge on any atom is 0.574 e. The molecule has 10 heteroatoms. The van der Waals surface area contributed by atoms with Crippen molar-refractivity contribution < 1.29 is 27.4 Å². The highest BCUT2D eigenvalue weighted by atomic mass is 79.9. The zero-order valence-electron chi connectivity index (χ0n) is 11.0. The van der Waals surface area contributed by atoms with Crippen LogP contribution in [-0.4, -0.2) is 29.2 Å². The summed E-state index contributed by atoms with van der Waals surface area (Å²) in [4.78, 5) is 23.4. The second kappa shape index (κ2) is 5.95. The van der Waals surface area contributed by atoms with Gasteiger partial charge in [0.05, 0.1) is 17.9 Å². The molecule has 0 fully saturated rings. The molecule has 0 amide bonds. The van der Waals surface area contributed by atoms with Crippen molar-refractivity contribution in [2.45, 2.75) is 12.9 Å². The highest BCUT2D eigenvalue weighted by Gasteiger charge is 2.33. The van der Waals surface area contributed by atoms with Gasteiger partial charge in [-0.05, 0) is 18.2 Å². The number of aromatic nitrogens is 2. The van der Waals surface area contributed by atoms with Gasteiger partial charge >= 0.3 is 12.3 Å². The predicted octanol–water partition coefficient (Wildman–Crippen LogP) is 2.23. The van der Waals surface area contributed by atoms with Gasteiger partial charge in [0.15, 0.2) is 0 Å². The Morgan fingerprint density at radius 1 is 1.36 bits per heavy atom. The van der Waals surface area contributed by atoms with Crippen molar-refractivity contribution >= 4 is 32.7 Å². The molecule has 6 nitrogen and oxygen atoms in total. The average molecular weight is 381 g/mol. The lowest BCUT2D eigenvalue weighted by molar-refractivity contribution is -0.275. The lowest BCUT2D eigenvalue weighted by atomic mass is 10.2. The molecule has 0 spiro atoms. The highest BCUT2D eigenvalue weighted by molar-refractivity contribution is 9.10. The minimum atomic E-state index is -4.99. The van der Waals surface area contributed by atoms with E-state index >= 15 is 0 Å². The van der Waals surface area contributed by atoms with Crippen molar-refractivity contribution in [3.05, 3.63) is 33.0 Å². The molecule has 1 aromatic carbocycles. The monoisotopic (exact) mass is 380 g/mol. The first-order valence-corrected chi connectivity index (χ1v) is 6.53. The summed E-state index contributed by atoms with van der Waals surface area (Å²) in [6.07, 6.45) is -4.99. The number of hydrogen-bond acceptors (Lipinski definition) is 5. The van der Waals surface area contributed by atoms with E-state index in [1.165, 1.54) is 18.2 Å². The van der Waals surface area contributed by atoms with Gasteiger partial charge in [0, 0.05) is 4.47 Å². The zero-order valence-corrected chi connectivity index (χ0v) is 12.6. The van der Waals surface area contributed by atoms with Crippen molar-refractivity contribution in [2.24, 2.45) is 0 Å². The van der Waals surface area contributed by atoms with Crippen molar-refractivity contribution in [1.82, 2.24) is 9.78 Å². The van der Waals surface area contributed by atoms with Crippen LogP contribution in [-0.2, 0) is 16.1 Å². The first-order chi connectivity index (χ1) is 10.2. The van der Waals surface area contributed by atoms with E-state index < -0.39 is 30.3 Å². The standard InChI is InChI=1S/C12H8BrF3N2O4/c1-21-9(19)5-18-11(20)7-3-2-6(13)4-8(7)10(17-18)22-12(14,15)16/h2-4H,5H2,1H3. The topological polar surface area (TPSA) is 70.4 Å². The summed E-state index contributed by atoms with van der Waals surface area (Å²) < 4.78 is 46.6. The van der Waals surface area contributed by atoms with Crippen LogP contribution in [0.1, 0.15) is 0 Å². The summed E-state index contributed by atoms with van der Waals surface area (Å²) in [5.41, 5.74) is -0.734. The number of halogens is 4. The predicted molar refractivity (Wildman–Crippen MR) is 72.4 cm³/mol. The molecule has 0 radical (unpaired) electrons. The molecule has 2 aromatic rings. The summed E-state index contributed by atoms with van der Waals surface area (Å²) in [6, 6.07) is 4.05. The Hall–Kier alpha value is -2.10. The van der Waals surface area contributed by atoms with E-state index in [1.54, 1.807) is 0 Å². The molecule has 0 saturated carbocycles. The molecule has 1 heterocycles. The third kappa shape index (κ3) is 3.56. The molecule has 118 valence electrons. The maximum absolute atomic E-state index is 12.5. The van der Waals surface area contributed by atoms with E-state index in [0.29, 0.717) is 9.15 Å². The first-order valence-electron chi connectivity index (χ1n) is 5.74. The van der Waals surface area contributed by atoms with E-state index in [9.17, 15) is 22.8 Å². The molecule has 0 aliphatic heterocycles. The molecule has 0 atom stereocenters. The Morgan fingerprint density at radius 3 is 2.64 bits per heavy atom. The minimum Gasteiger partial charge on any atom is -0.468 e. The van der Waals surface area contributed by atoms with Crippen molar-refractivity contribution in [1.29, 1.82) is 0 Å². The second-order valence-corrected chi connectivity index (χ2v) is 5.00. The van der Waals surface area contributed by atoms with Crippen LogP contribution < -0.4 is 10.3 Å². The SMILES string of the molecule is COC(=O)Cn1nc(OC(F)(F)F)c2cc(Br)ccc2c1=O. The Morgan fingerprint density at radius 2 is 2.05 bits per heavy atom. The van der Waals surface area contributed by atoms with Gasteiger partial charge in [-0.2, -0.15) is 0 Å². The minimum absolute atomic E-state index is 0.0682. The van der Waals surface area contributed by atoms with Crippen LogP contribution in [0.2, 0.25) is 0 Å². The maximum atomic E-state index is 12.5. The molecule has 2 rings (SSSR count). The van der Waals surface area contributed by atoms with Gasteiger partial charge in [-0.1, -0.05) is 15.9 Å². The molecule has 22 heavy (non-hydrogen) atoms. The van der Waals surface area contributed by atoms with E-state index in [-0.39, 0.29) is 10.8 Å². The number of fused-ring (bicyclic) bond motifs is 1. The average Bonchev–Trinajstić information content (AvgIpc) is 2.42. The number of hydrogen-bond donors (Lipinski definition) is 0. The number of carbonyl (C=O) groups excluding carboxylic acids is 1. The molecule has 0 aliphatic rings. The van der Waals surface area contributed by atoms with Gasteiger partial charge < -0.3 is 9.47 Å². The lowest BCUT2D eigenvalue weighted by Gasteiger charge is -2.12. The normalized spacial score (nSPS) is 11.5. The Balaban J connectivity index is 2.68. The zero-order chi connectivity index (χ0) is 16.5. The van der Waals surface area contributed by atoms with Crippen LogP contribution in [0.25, 0.3) is 10.8 Å². The Kier molecular flexibility index (Phi) is 4.40. The number of benzene rings is 1. The number of rotatable bonds is 3. The van der Waals surface area contributed by atoms with Gasteiger partial charge in [-0.25, -0.2) is 4.68 Å². The van der Waals surface area contributed by atoms with E-state index in [1.807, 2.05) is 0 Å². The lowest BCUT2D eigenvalue weighted by Crippen LogP contribution is -2.29. The number of carbonyl (C=O) groups is 1. The summed E-state index contributed by atoms with van der Waals surface area (Å²) in [7, 11) is 1.08. The molecule has 0 saturated heterocycles. The molecular weight excluding hydrogens is 373 g/mol. The van der Waals surface area contributed by atoms with Gasteiger partial charge in [0.1, 0.15) is 6.54 Å². The number of methoxy groups -OCH3 is 1. The van der Waals surface area contributed by atoms with Crippen molar-refractivity contribution in [3.63, 3.8) is 0 Å². The molecule has 0 aliphatic carbocycles. The first kappa shape index (κ1) is 16.3. The highest BCUT2D eigenvalue weighted by Crippen LogP contribution is 2.28. The third-order valence-corrected chi connectivity index (χ3v) is 3.10. The smallest absolute Gasteiger partial charge is 0.468 e. The van der Waals surface area contributed by atoms with Crippen LogP contribution >= 0.6 is 15.9 Å². The number of ether oxygens (including phenoxy) is 2. The summed E-state index contributed by atoms with van der Waals surface area (Å²) in [5.74, 6) is -1.66. The quantitative estimate of drug-likeness (QED) is 0.763. The van der Waals surface area contributed by atoms with Gasteiger partial charge in [0.2, 0.25) is 5.88 Å². The summed E-state index contributed by atoms with van der Waals surface area (Å²) in [5, 5.41) is 3.26. The Labute approximate surface area is 129 Å². The molecule has 0 N–H and O–H groups in total. The van der Waals surface area contributed by atoms with Gasteiger partial charge in [0.25, 0.3) is 5.56 Å². The third-order valence-electron chi connectivity index (χ3n) is 2.61. The van der Waals surface area contributed by atoms with Crippen LogP contribution in [0.3, 0.4) is 0 Å². The number of esters is 1.